The maximum Gasteiger partial charge on any atom is 0.306 e. The minimum absolute atomic E-state index is 0.0924. The number of aryl methyl sites for hydroxylation is 1. The normalized spacial score (nSPS) is 15.5. The van der Waals surface area contributed by atoms with E-state index in [0.717, 1.165) is 11.4 Å². The van der Waals surface area contributed by atoms with Crippen LogP contribution in [0.4, 0.5) is 0 Å². The van der Waals surface area contributed by atoms with Crippen LogP contribution < -0.4 is 0 Å². The number of likely N-dealkylation sites (tertiary alicyclic amines) is 1. The molecule has 1 amide bonds. The summed E-state index contributed by atoms with van der Waals surface area (Å²) < 4.78 is 0. The molecule has 1 fully saturated rings. The van der Waals surface area contributed by atoms with Crippen molar-refractivity contribution in [2.45, 2.75) is 26.2 Å². The van der Waals surface area contributed by atoms with Crippen molar-refractivity contribution in [2.24, 2.45) is 5.92 Å². The third kappa shape index (κ3) is 3.82. The van der Waals surface area contributed by atoms with Crippen molar-refractivity contribution in [2.75, 3.05) is 13.1 Å². The van der Waals surface area contributed by atoms with E-state index in [0.29, 0.717) is 31.6 Å². The Kier molecular flexibility index (Phi) is 4.94. The van der Waals surface area contributed by atoms with E-state index in [4.69, 9.17) is 5.11 Å². The van der Waals surface area contributed by atoms with Crippen molar-refractivity contribution >= 4 is 23.2 Å². The predicted octanol–water partition coefficient (Wildman–Crippen LogP) is 2.98. The van der Waals surface area contributed by atoms with Crippen LogP contribution in [0.3, 0.4) is 0 Å². The number of rotatable bonds is 4. The monoisotopic (exact) mass is 344 g/mol. The van der Waals surface area contributed by atoms with Gasteiger partial charge in [-0.25, -0.2) is 4.98 Å². The summed E-state index contributed by atoms with van der Waals surface area (Å²) in [5.74, 6) is -1.19. The molecule has 2 heterocycles. The van der Waals surface area contributed by atoms with E-state index in [9.17, 15) is 9.59 Å². The van der Waals surface area contributed by atoms with E-state index in [1.807, 2.05) is 0 Å². The molecular formula is C18H20N2O3S. The van der Waals surface area contributed by atoms with Crippen molar-refractivity contribution in [3.05, 3.63) is 51.5 Å². The molecule has 126 valence electrons. The number of carbonyl (C=O) groups excluding carboxylic acids is 1. The molecule has 6 heteroatoms. The van der Waals surface area contributed by atoms with Crippen LogP contribution in [0.15, 0.2) is 29.6 Å². The molecule has 1 aromatic heterocycles. The molecule has 0 atom stereocenters. The first kappa shape index (κ1) is 16.6. The minimum Gasteiger partial charge on any atom is -0.481 e. The first-order chi connectivity index (χ1) is 11.5. The van der Waals surface area contributed by atoms with Gasteiger partial charge in [0.2, 0.25) is 0 Å². The summed E-state index contributed by atoms with van der Waals surface area (Å²) in [5.41, 5.74) is 2.87. The minimum atomic E-state index is -0.767. The van der Waals surface area contributed by atoms with Gasteiger partial charge in [0.05, 0.1) is 10.9 Å². The van der Waals surface area contributed by atoms with Gasteiger partial charge in [-0.2, -0.15) is 0 Å². The number of hydrogen-bond donors (Lipinski definition) is 1. The van der Waals surface area contributed by atoms with Crippen LogP contribution in [0.25, 0.3) is 0 Å². The summed E-state index contributed by atoms with van der Waals surface area (Å²) in [4.78, 5) is 29.7. The van der Waals surface area contributed by atoms with Crippen LogP contribution in [-0.2, 0) is 11.2 Å². The molecule has 2 aromatic rings. The SMILES string of the molecule is Cc1ccc(Cc2nc(C(=O)N3CCC(C(=O)O)CC3)cs2)cc1. The third-order valence-corrected chi connectivity index (χ3v) is 5.23. The number of hydrogen-bond acceptors (Lipinski definition) is 4. The molecule has 5 nitrogen and oxygen atoms in total. The highest BCUT2D eigenvalue weighted by Gasteiger charge is 2.28. The molecule has 0 saturated carbocycles. The molecule has 0 bridgehead atoms. The Labute approximate surface area is 145 Å². The maximum atomic E-state index is 12.5. The first-order valence-corrected chi connectivity index (χ1v) is 8.93. The molecule has 1 aromatic carbocycles. The number of aliphatic carboxylic acids is 1. The van der Waals surface area contributed by atoms with Gasteiger partial charge in [-0.1, -0.05) is 29.8 Å². The fraction of sp³-hybridized carbons (Fsp3) is 0.389. The average molecular weight is 344 g/mol. The van der Waals surface area contributed by atoms with Crippen LogP contribution >= 0.6 is 11.3 Å². The zero-order chi connectivity index (χ0) is 17.1. The van der Waals surface area contributed by atoms with Gasteiger partial charge in [0.15, 0.2) is 0 Å². The number of carboxylic acids is 1. The van der Waals surface area contributed by atoms with Crippen LogP contribution in [0.2, 0.25) is 0 Å². The predicted molar refractivity (Wildman–Crippen MR) is 92.4 cm³/mol. The van der Waals surface area contributed by atoms with Gasteiger partial charge in [-0.3, -0.25) is 9.59 Å². The fourth-order valence-corrected chi connectivity index (χ4v) is 3.66. The average Bonchev–Trinajstić information content (AvgIpc) is 3.05. The van der Waals surface area contributed by atoms with Crippen LogP contribution in [0, 0.1) is 12.8 Å². The topological polar surface area (TPSA) is 70.5 Å². The number of benzene rings is 1. The maximum absolute atomic E-state index is 12.5. The summed E-state index contributed by atoms with van der Waals surface area (Å²) in [6.45, 7) is 3.03. The van der Waals surface area contributed by atoms with Crippen molar-refractivity contribution < 1.29 is 14.7 Å². The lowest BCUT2D eigenvalue weighted by atomic mass is 9.97. The third-order valence-electron chi connectivity index (χ3n) is 4.38. The number of nitrogens with zero attached hydrogens (tertiary/aromatic N) is 2. The fourth-order valence-electron chi connectivity index (χ4n) is 2.86. The van der Waals surface area contributed by atoms with E-state index in [1.165, 1.54) is 22.5 Å². The molecule has 1 aliphatic heterocycles. The number of carbonyl (C=O) groups is 2. The number of carboxylic acid groups (broad SMARTS) is 1. The van der Waals surface area contributed by atoms with E-state index in [1.54, 1.807) is 10.3 Å². The van der Waals surface area contributed by atoms with Gasteiger partial charge < -0.3 is 10.0 Å². The highest BCUT2D eigenvalue weighted by Crippen LogP contribution is 2.21. The number of thiazole rings is 1. The molecule has 0 radical (unpaired) electrons. The Morgan fingerprint density at radius 3 is 2.54 bits per heavy atom. The summed E-state index contributed by atoms with van der Waals surface area (Å²) >= 11 is 1.49. The van der Waals surface area contributed by atoms with Gasteiger partial charge in [-0.05, 0) is 25.3 Å². The number of aromatic nitrogens is 1. The smallest absolute Gasteiger partial charge is 0.306 e. The van der Waals surface area contributed by atoms with Gasteiger partial charge >= 0.3 is 5.97 Å². The highest BCUT2D eigenvalue weighted by atomic mass is 32.1. The lowest BCUT2D eigenvalue weighted by Crippen LogP contribution is -2.40. The van der Waals surface area contributed by atoms with Crippen molar-refractivity contribution in [1.29, 1.82) is 0 Å². The van der Waals surface area contributed by atoms with Crippen molar-refractivity contribution in [1.82, 2.24) is 9.88 Å². The van der Waals surface area contributed by atoms with Gasteiger partial charge in [-0.15, -0.1) is 11.3 Å². The van der Waals surface area contributed by atoms with E-state index < -0.39 is 5.97 Å². The van der Waals surface area contributed by atoms with Crippen LogP contribution in [0.5, 0.6) is 0 Å². The van der Waals surface area contributed by atoms with Gasteiger partial charge in [0.25, 0.3) is 5.91 Å². The zero-order valence-corrected chi connectivity index (χ0v) is 14.4. The Bertz CT molecular complexity index is 731. The second-order valence-corrected chi connectivity index (χ2v) is 7.14. The molecule has 0 unspecified atom stereocenters. The highest BCUT2D eigenvalue weighted by molar-refractivity contribution is 7.09. The molecule has 1 saturated heterocycles. The summed E-state index contributed by atoms with van der Waals surface area (Å²) in [7, 11) is 0. The summed E-state index contributed by atoms with van der Waals surface area (Å²) in [5, 5.41) is 11.7. The van der Waals surface area contributed by atoms with Gasteiger partial charge in [0.1, 0.15) is 5.69 Å². The Morgan fingerprint density at radius 1 is 1.25 bits per heavy atom. The zero-order valence-electron chi connectivity index (χ0n) is 13.6. The lowest BCUT2D eigenvalue weighted by Gasteiger charge is -2.29. The second kappa shape index (κ2) is 7.13. The van der Waals surface area contributed by atoms with E-state index >= 15 is 0 Å². The van der Waals surface area contributed by atoms with Crippen LogP contribution in [-0.4, -0.2) is 40.0 Å². The van der Waals surface area contributed by atoms with Crippen molar-refractivity contribution in [3.8, 4) is 0 Å². The summed E-state index contributed by atoms with van der Waals surface area (Å²) in [6.07, 6.45) is 1.75. The molecule has 24 heavy (non-hydrogen) atoms. The molecular weight excluding hydrogens is 324 g/mol. The Balaban J connectivity index is 1.62. The first-order valence-electron chi connectivity index (χ1n) is 8.05. The number of amides is 1. The number of piperidine rings is 1. The van der Waals surface area contributed by atoms with Crippen LogP contribution in [0.1, 0.15) is 39.5 Å². The van der Waals surface area contributed by atoms with E-state index in [2.05, 4.69) is 36.2 Å². The standard InChI is InChI=1S/C18H20N2O3S/c1-12-2-4-13(5-3-12)10-16-19-15(11-24-16)17(21)20-8-6-14(7-9-20)18(22)23/h2-5,11,14H,6-10H2,1H3,(H,22,23). The lowest BCUT2D eigenvalue weighted by molar-refractivity contribution is -0.143. The molecule has 0 spiro atoms. The van der Waals surface area contributed by atoms with Crippen molar-refractivity contribution in [3.63, 3.8) is 0 Å². The molecule has 0 aliphatic carbocycles. The molecule has 1 N–H and O–H groups in total. The summed E-state index contributed by atoms with van der Waals surface area (Å²) in [6, 6.07) is 8.30. The molecule has 3 rings (SSSR count). The molecule has 1 aliphatic rings. The van der Waals surface area contributed by atoms with E-state index in [-0.39, 0.29) is 11.8 Å². The quantitative estimate of drug-likeness (QED) is 0.926. The van der Waals surface area contributed by atoms with Gasteiger partial charge in [0, 0.05) is 24.9 Å². The largest absolute Gasteiger partial charge is 0.481 e. The Hall–Kier alpha value is -2.21. The second-order valence-electron chi connectivity index (χ2n) is 6.19. The Morgan fingerprint density at radius 2 is 1.92 bits per heavy atom.